The molecule has 2 N–H and O–H groups in total. The topological polar surface area (TPSA) is 79.4 Å². The molecular formula is C22H18F3NO4. The number of carbonyl (C=O) groups is 1. The number of carboxylic acid groups (broad SMARTS) is 1. The highest BCUT2D eigenvalue weighted by Gasteiger charge is 2.26. The Kier molecular flexibility index (Phi) is 6.25. The van der Waals surface area contributed by atoms with Crippen molar-refractivity contribution in [3.8, 4) is 28.1 Å². The van der Waals surface area contributed by atoms with E-state index in [0.29, 0.717) is 22.6 Å². The second-order valence-electron chi connectivity index (χ2n) is 6.56. The smallest absolute Gasteiger partial charge is 0.389 e. The number of benzene rings is 2. The first-order valence-electron chi connectivity index (χ1n) is 9.10. The van der Waals surface area contributed by atoms with Crippen molar-refractivity contribution in [2.45, 2.75) is 19.0 Å². The van der Waals surface area contributed by atoms with Crippen LogP contribution in [-0.4, -0.2) is 28.8 Å². The standard InChI is InChI=1S/C22H18F3NO4/c23-22(24,25)11-4-12-30-16-9-7-15(8-10-16)18-13-17(14-5-2-1-3-6-14)19(21(28)29)20(27)26-18/h1-3,5-10,13H,4,11-12H2,(H,26,27)(H,28,29). The Morgan fingerprint density at radius 1 is 1.00 bits per heavy atom. The maximum Gasteiger partial charge on any atom is 0.389 e. The summed E-state index contributed by atoms with van der Waals surface area (Å²) < 4.78 is 41.8. The Morgan fingerprint density at radius 2 is 1.67 bits per heavy atom. The van der Waals surface area contributed by atoms with E-state index in [1.807, 2.05) is 0 Å². The summed E-state index contributed by atoms with van der Waals surface area (Å²) in [4.78, 5) is 26.6. The summed E-state index contributed by atoms with van der Waals surface area (Å²) in [6.07, 6.45) is -5.27. The Balaban J connectivity index is 1.85. The molecule has 0 radical (unpaired) electrons. The van der Waals surface area contributed by atoms with Crippen molar-refractivity contribution in [2.75, 3.05) is 6.61 Å². The molecule has 0 amide bonds. The van der Waals surface area contributed by atoms with Crippen LogP contribution < -0.4 is 10.3 Å². The van der Waals surface area contributed by atoms with Crippen molar-refractivity contribution in [1.82, 2.24) is 4.98 Å². The summed E-state index contributed by atoms with van der Waals surface area (Å²) in [5.41, 5.74) is 0.804. The van der Waals surface area contributed by atoms with Crippen molar-refractivity contribution >= 4 is 5.97 Å². The van der Waals surface area contributed by atoms with Gasteiger partial charge in [0.15, 0.2) is 0 Å². The van der Waals surface area contributed by atoms with E-state index in [1.54, 1.807) is 60.7 Å². The highest BCUT2D eigenvalue weighted by Crippen LogP contribution is 2.27. The van der Waals surface area contributed by atoms with Gasteiger partial charge in [-0.2, -0.15) is 13.2 Å². The molecule has 3 rings (SSSR count). The summed E-state index contributed by atoms with van der Waals surface area (Å²) in [6.45, 7) is -0.0683. The lowest BCUT2D eigenvalue weighted by Gasteiger charge is -2.11. The normalized spacial score (nSPS) is 11.3. The first-order valence-corrected chi connectivity index (χ1v) is 9.10. The number of rotatable bonds is 7. The van der Waals surface area contributed by atoms with Crippen molar-refractivity contribution in [1.29, 1.82) is 0 Å². The van der Waals surface area contributed by atoms with Crippen LogP contribution in [0.25, 0.3) is 22.4 Å². The number of halogens is 3. The van der Waals surface area contributed by atoms with Crippen LogP contribution in [0.2, 0.25) is 0 Å². The van der Waals surface area contributed by atoms with Gasteiger partial charge in [0.2, 0.25) is 0 Å². The number of aromatic amines is 1. The van der Waals surface area contributed by atoms with Crippen molar-refractivity contribution in [3.63, 3.8) is 0 Å². The second kappa shape index (κ2) is 8.86. The lowest BCUT2D eigenvalue weighted by molar-refractivity contribution is -0.136. The molecule has 1 aromatic heterocycles. The molecule has 0 saturated heterocycles. The first kappa shape index (κ1) is 21.2. The Bertz CT molecular complexity index is 1070. The van der Waals surface area contributed by atoms with E-state index in [0.717, 1.165) is 0 Å². The molecule has 0 aliphatic rings. The molecule has 1 heterocycles. The molecule has 0 unspecified atom stereocenters. The van der Waals surface area contributed by atoms with Crippen LogP contribution in [0.1, 0.15) is 23.2 Å². The number of aromatic nitrogens is 1. The van der Waals surface area contributed by atoms with Gasteiger partial charge in [0.25, 0.3) is 5.56 Å². The zero-order valence-electron chi connectivity index (χ0n) is 15.7. The van der Waals surface area contributed by atoms with Gasteiger partial charge in [-0.1, -0.05) is 30.3 Å². The molecule has 5 nitrogen and oxygen atoms in total. The lowest BCUT2D eigenvalue weighted by atomic mass is 9.98. The molecule has 0 fully saturated rings. The Labute approximate surface area is 169 Å². The van der Waals surface area contributed by atoms with Gasteiger partial charge < -0.3 is 14.8 Å². The molecule has 0 aliphatic heterocycles. The fraction of sp³-hybridized carbons (Fsp3) is 0.182. The predicted molar refractivity (Wildman–Crippen MR) is 106 cm³/mol. The lowest BCUT2D eigenvalue weighted by Crippen LogP contribution is -2.19. The highest BCUT2D eigenvalue weighted by atomic mass is 19.4. The second-order valence-corrected chi connectivity index (χ2v) is 6.56. The molecule has 3 aromatic rings. The quantitative estimate of drug-likeness (QED) is 0.523. The summed E-state index contributed by atoms with van der Waals surface area (Å²) in [5, 5.41) is 9.45. The Hall–Kier alpha value is -3.55. The van der Waals surface area contributed by atoms with Gasteiger partial charge in [0.1, 0.15) is 11.3 Å². The molecule has 0 saturated carbocycles. The minimum atomic E-state index is -4.21. The van der Waals surface area contributed by atoms with E-state index in [2.05, 4.69) is 4.98 Å². The molecule has 0 spiro atoms. The van der Waals surface area contributed by atoms with Crippen molar-refractivity contribution in [2.24, 2.45) is 0 Å². The number of H-pyrrole nitrogens is 1. The largest absolute Gasteiger partial charge is 0.494 e. The van der Waals surface area contributed by atoms with Gasteiger partial charge in [-0.3, -0.25) is 4.79 Å². The van der Waals surface area contributed by atoms with Gasteiger partial charge in [-0.05, 0) is 47.9 Å². The van der Waals surface area contributed by atoms with Crippen LogP contribution in [0.15, 0.2) is 65.5 Å². The van der Waals surface area contributed by atoms with Gasteiger partial charge >= 0.3 is 12.1 Å². The average molecular weight is 417 g/mol. The van der Waals surface area contributed by atoms with E-state index >= 15 is 0 Å². The fourth-order valence-electron chi connectivity index (χ4n) is 2.97. The molecule has 0 aliphatic carbocycles. The van der Waals surface area contributed by atoms with Crippen LogP contribution in [0.4, 0.5) is 13.2 Å². The van der Waals surface area contributed by atoms with E-state index < -0.39 is 24.1 Å². The number of ether oxygens (including phenoxy) is 1. The first-order chi connectivity index (χ1) is 14.2. The number of nitrogens with one attached hydrogen (secondary N) is 1. The SMILES string of the molecule is O=C(O)c1c(-c2ccccc2)cc(-c2ccc(OCCCC(F)(F)F)cc2)[nH]c1=O. The van der Waals surface area contributed by atoms with Gasteiger partial charge in [0, 0.05) is 17.7 Å². The molecule has 30 heavy (non-hydrogen) atoms. The third-order valence-electron chi connectivity index (χ3n) is 4.37. The van der Waals surface area contributed by atoms with Crippen LogP contribution >= 0.6 is 0 Å². The van der Waals surface area contributed by atoms with E-state index in [4.69, 9.17) is 4.74 Å². The predicted octanol–water partition coefficient (Wildman–Crippen LogP) is 5.13. The summed E-state index contributed by atoms with van der Waals surface area (Å²) in [7, 11) is 0. The molecule has 0 atom stereocenters. The minimum Gasteiger partial charge on any atom is -0.494 e. The third kappa shape index (κ3) is 5.28. The van der Waals surface area contributed by atoms with Crippen molar-refractivity contribution in [3.05, 3.63) is 76.6 Å². The average Bonchev–Trinajstić information content (AvgIpc) is 2.71. The number of hydrogen-bond donors (Lipinski definition) is 2. The number of hydrogen-bond acceptors (Lipinski definition) is 3. The molecule has 0 bridgehead atoms. The third-order valence-corrected chi connectivity index (χ3v) is 4.37. The molecule has 8 heteroatoms. The van der Waals surface area contributed by atoms with Crippen LogP contribution in [-0.2, 0) is 0 Å². The number of aromatic carboxylic acids is 1. The fourth-order valence-corrected chi connectivity index (χ4v) is 2.97. The van der Waals surface area contributed by atoms with E-state index in [9.17, 15) is 27.9 Å². The monoisotopic (exact) mass is 417 g/mol. The van der Waals surface area contributed by atoms with E-state index in [1.165, 1.54) is 0 Å². The number of pyridine rings is 1. The summed E-state index contributed by atoms with van der Waals surface area (Å²) in [6, 6.07) is 16.7. The van der Waals surface area contributed by atoms with Crippen LogP contribution in [0, 0.1) is 0 Å². The summed E-state index contributed by atoms with van der Waals surface area (Å²) in [5.74, 6) is -0.932. The molecule has 2 aromatic carbocycles. The van der Waals surface area contributed by atoms with Gasteiger partial charge in [-0.15, -0.1) is 0 Å². The maximum atomic E-state index is 12.4. The summed E-state index contributed by atoms with van der Waals surface area (Å²) >= 11 is 0. The molecular weight excluding hydrogens is 399 g/mol. The zero-order valence-corrected chi connectivity index (χ0v) is 15.7. The zero-order chi connectivity index (χ0) is 21.7. The van der Waals surface area contributed by atoms with Crippen molar-refractivity contribution < 1.29 is 27.8 Å². The minimum absolute atomic E-state index is 0.0683. The van der Waals surface area contributed by atoms with Crippen LogP contribution in [0.3, 0.4) is 0 Å². The highest BCUT2D eigenvalue weighted by molar-refractivity contribution is 5.96. The van der Waals surface area contributed by atoms with E-state index in [-0.39, 0.29) is 24.2 Å². The Morgan fingerprint density at radius 3 is 2.27 bits per heavy atom. The number of carboxylic acids is 1. The number of alkyl halides is 3. The van der Waals surface area contributed by atoms with Gasteiger partial charge in [0.05, 0.1) is 6.61 Å². The van der Waals surface area contributed by atoms with Gasteiger partial charge in [-0.25, -0.2) is 4.79 Å². The van der Waals surface area contributed by atoms with Crippen LogP contribution in [0.5, 0.6) is 5.75 Å². The maximum absolute atomic E-state index is 12.4. The molecule has 156 valence electrons.